The third-order valence-electron chi connectivity index (χ3n) is 3.34. The van der Waals surface area contributed by atoms with E-state index in [1.807, 2.05) is 18.3 Å². The fraction of sp³-hybridized carbons (Fsp3) is 0.538. The van der Waals surface area contributed by atoms with Crippen LogP contribution in [-0.2, 0) is 10.3 Å². The highest BCUT2D eigenvalue weighted by Crippen LogP contribution is 2.30. The van der Waals surface area contributed by atoms with Crippen LogP contribution in [-0.4, -0.2) is 36.2 Å². The molecule has 2 rings (SSSR count). The maximum absolute atomic E-state index is 5.39. The number of morpholine rings is 1. The summed E-state index contributed by atoms with van der Waals surface area (Å²) in [6, 6.07) is 6.03. The van der Waals surface area contributed by atoms with E-state index in [9.17, 15) is 0 Å². The molecule has 1 saturated heterocycles. The standard InChI is InChI=1S/C13H19N2O/c1-3-13(2,12-6-4-5-7-14-12)15-8-10-16-11-9-15/h4-7H,2-3,8-11H2,1H3. The lowest BCUT2D eigenvalue weighted by molar-refractivity contribution is -0.0115. The summed E-state index contributed by atoms with van der Waals surface area (Å²) in [6.45, 7) is 10.0. The monoisotopic (exact) mass is 219 g/mol. The van der Waals surface area contributed by atoms with Crippen molar-refractivity contribution in [1.82, 2.24) is 9.88 Å². The van der Waals surface area contributed by atoms with Gasteiger partial charge in [-0.3, -0.25) is 9.88 Å². The Morgan fingerprint density at radius 1 is 1.44 bits per heavy atom. The number of aromatic nitrogens is 1. The van der Waals surface area contributed by atoms with Crippen molar-refractivity contribution in [2.45, 2.75) is 18.9 Å². The average Bonchev–Trinajstić information content (AvgIpc) is 2.40. The van der Waals surface area contributed by atoms with Gasteiger partial charge >= 0.3 is 0 Å². The summed E-state index contributed by atoms with van der Waals surface area (Å²) in [5.74, 6) is 0. The van der Waals surface area contributed by atoms with Gasteiger partial charge in [0.2, 0.25) is 0 Å². The van der Waals surface area contributed by atoms with Gasteiger partial charge in [0.15, 0.2) is 0 Å². The minimum atomic E-state index is -0.203. The summed E-state index contributed by atoms with van der Waals surface area (Å²) < 4.78 is 5.39. The molecule has 1 radical (unpaired) electrons. The molecule has 0 bridgehead atoms. The lowest BCUT2D eigenvalue weighted by Gasteiger charge is -2.42. The third kappa shape index (κ3) is 2.11. The summed E-state index contributed by atoms with van der Waals surface area (Å²) in [5, 5.41) is 0. The molecule has 0 amide bonds. The maximum atomic E-state index is 5.39. The van der Waals surface area contributed by atoms with E-state index in [0.717, 1.165) is 38.4 Å². The fourth-order valence-corrected chi connectivity index (χ4v) is 2.20. The predicted octanol–water partition coefficient (Wildman–Crippen LogP) is 1.85. The third-order valence-corrected chi connectivity index (χ3v) is 3.34. The Morgan fingerprint density at radius 2 is 2.19 bits per heavy atom. The average molecular weight is 219 g/mol. The molecule has 1 aliphatic heterocycles. The first-order valence-electron chi connectivity index (χ1n) is 5.87. The Labute approximate surface area is 97.4 Å². The van der Waals surface area contributed by atoms with E-state index in [2.05, 4.69) is 29.8 Å². The normalized spacial score (nSPS) is 21.6. The summed E-state index contributed by atoms with van der Waals surface area (Å²) in [7, 11) is 0. The molecule has 3 heteroatoms. The van der Waals surface area contributed by atoms with Crippen molar-refractivity contribution in [3.63, 3.8) is 0 Å². The second-order valence-electron chi connectivity index (χ2n) is 4.20. The number of rotatable bonds is 3. The molecule has 1 unspecified atom stereocenters. The van der Waals surface area contributed by atoms with Crippen LogP contribution in [0.25, 0.3) is 0 Å². The number of nitrogens with zero attached hydrogens (tertiary/aromatic N) is 2. The number of hydrogen-bond acceptors (Lipinski definition) is 3. The molecular weight excluding hydrogens is 200 g/mol. The number of hydrogen-bond donors (Lipinski definition) is 0. The van der Waals surface area contributed by atoms with E-state index >= 15 is 0 Å². The van der Waals surface area contributed by atoms with E-state index in [0.29, 0.717) is 0 Å². The SMILES string of the molecule is [CH2]C(CC)(c1ccccn1)N1CCOCC1. The Morgan fingerprint density at radius 3 is 2.75 bits per heavy atom. The maximum Gasteiger partial charge on any atom is 0.0633 e. The Kier molecular flexibility index (Phi) is 3.56. The van der Waals surface area contributed by atoms with Crippen molar-refractivity contribution in [1.29, 1.82) is 0 Å². The molecule has 1 aliphatic rings. The Hall–Kier alpha value is -0.930. The van der Waals surface area contributed by atoms with Gasteiger partial charge in [0, 0.05) is 19.3 Å². The van der Waals surface area contributed by atoms with E-state index in [1.54, 1.807) is 0 Å². The zero-order chi connectivity index (χ0) is 11.4. The first-order valence-corrected chi connectivity index (χ1v) is 5.87. The van der Waals surface area contributed by atoms with E-state index in [-0.39, 0.29) is 5.54 Å². The van der Waals surface area contributed by atoms with Crippen molar-refractivity contribution in [2.24, 2.45) is 0 Å². The van der Waals surface area contributed by atoms with Gasteiger partial charge in [0.1, 0.15) is 0 Å². The predicted molar refractivity (Wildman–Crippen MR) is 64.0 cm³/mol. The molecule has 0 N–H and O–H groups in total. The lowest BCUT2D eigenvalue weighted by Crippen LogP contribution is -2.49. The van der Waals surface area contributed by atoms with Crippen LogP contribution in [0.4, 0.5) is 0 Å². The van der Waals surface area contributed by atoms with E-state index in [4.69, 9.17) is 4.74 Å². The molecule has 0 saturated carbocycles. The van der Waals surface area contributed by atoms with Gasteiger partial charge in [-0.2, -0.15) is 0 Å². The van der Waals surface area contributed by atoms with Crippen molar-refractivity contribution in [3.8, 4) is 0 Å². The molecule has 0 aromatic carbocycles. The van der Waals surface area contributed by atoms with E-state index < -0.39 is 0 Å². The number of pyridine rings is 1. The molecule has 1 atom stereocenters. The van der Waals surface area contributed by atoms with Gasteiger partial charge in [-0.25, -0.2) is 0 Å². The van der Waals surface area contributed by atoms with Gasteiger partial charge in [-0.1, -0.05) is 13.0 Å². The number of ether oxygens (including phenoxy) is 1. The molecule has 1 aromatic heterocycles. The van der Waals surface area contributed by atoms with Crippen LogP contribution in [0.3, 0.4) is 0 Å². The van der Waals surface area contributed by atoms with Gasteiger partial charge in [-0.05, 0) is 25.5 Å². The van der Waals surface area contributed by atoms with Crippen LogP contribution in [0.5, 0.6) is 0 Å². The second-order valence-corrected chi connectivity index (χ2v) is 4.20. The lowest BCUT2D eigenvalue weighted by atomic mass is 9.91. The largest absolute Gasteiger partial charge is 0.379 e. The van der Waals surface area contributed by atoms with Gasteiger partial charge in [0.25, 0.3) is 0 Å². The fourth-order valence-electron chi connectivity index (χ4n) is 2.20. The van der Waals surface area contributed by atoms with Gasteiger partial charge in [-0.15, -0.1) is 0 Å². The minimum Gasteiger partial charge on any atom is -0.379 e. The minimum absolute atomic E-state index is 0.203. The van der Waals surface area contributed by atoms with Crippen LogP contribution in [0.2, 0.25) is 0 Å². The van der Waals surface area contributed by atoms with Crippen molar-refractivity contribution >= 4 is 0 Å². The smallest absolute Gasteiger partial charge is 0.0633 e. The highest BCUT2D eigenvalue weighted by atomic mass is 16.5. The van der Waals surface area contributed by atoms with Crippen molar-refractivity contribution in [3.05, 3.63) is 37.0 Å². The van der Waals surface area contributed by atoms with Crippen LogP contribution in [0, 0.1) is 6.92 Å². The zero-order valence-electron chi connectivity index (χ0n) is 9.85. The van der Waals surface area contributed by atoms with Crippen LogP contribution < -0.4 is 0 Å². The molecule has 0 spiro atoms. The molecule has 1 aromatic rings. The summed E-state index contributed by atoms with van der Waals surface area (Å²) >= 11 is 0. The summed E-state index contributed by atoms with van der Waals surface area (Å²) in [5.41, 5.74) is 0.852. The van der Waals surface area contributed by atoms with Crippen LogP contribution in [0.15, 0.2) is 24.4 Å². The van der Waals surface area contributed by atoms with Crippen molar-refractivity contribution < 1.29 is 4.74 Å². The molecule has 3 nitrogen and oxygen atoms in total. The molecule has 2 heterocycles. The van der Waals surface area contributed by atoms with Crippen molar-refractivity contribution in [2.75, 3.05) is 26.3 Å². The quantitative estimate of drug-likeness (QED) is 0.776. The molecule has 0 aliphatic carbocycles. The highest BCUT2D eigenvalue weighted by molar-refractivity contribution is 5.18. The first-order chi connectivity index (χ1) is 7.77. The molecule has 16 heavy (non-hydrogen) atoms. The Balaban J connectivity index is 2.24. The zero-order valence-corrected chi connectivity index (χ0v) is 9.85. The molecule has 87 valence electrons. The Bertz CT molecular complexity index is 322. The van der Waals surface area contributed by atoms with Gasteiger partial charge in [0.05, 0.1) is 24.4 Å². The summed E-state index contributed by atoms with van der Waals surface area (Å²) in [4.78, 5) is 6.83. The van der Waals surface area contributed by atoms with Crippen LogP contribution >= 0.6 is 0 Å². The van der Waals surface area contributed by atoms with Gasteiger partial charge < -0.3 is 4.74 Å². The molecular formula is C13H19N2O. The van der Waals surface area contributed by atoms with E-state index in [1.165, 1.54) is 0 Å². The first kappa shape index (κ1) is 11.6. The second kappa shape index (κ2) is 4.93. The van der Waals surface area contributed by atoms with Crippen LogP contribution in [0.1, 0.15) is 19.0 Å². The molecule has 1 fully saturated rings. The summed E-state index contributed by atoms with van der Waals surface area (Å²) in [6.07, 6.45) is 2.80. The topological polar surface area (TPSA) is 25.4 Å². The highest BCUT2D eigenvalue weighted by Gasteiger charge is 2.34.